The van der Waals surface area contributed by atoms with E-state index in [1.54, 1.807) is 18.2 Å². The number of esters is 1. The van der Waals surface area contributed by atoms with Gasteiger partial charge in [-0.15, -0.1) is 10.2 Å². The molecular weight excluding hydrogens is 548 g/mol. The van der Waals surface area contributed by atoms with Gasteiger partial charge < -0.3 is 9.47 Å². The van der Waals surface area contributed by atoms with Crippen molar-refractivity contribution in [1.82, 2.24) is 19.1 Å². The maximum Gasteiger partial charge on any atom is 0.316 e. The van der Waals surface area contributed by atoms with Crippen LogP contribution in [-0.4, -0.2) is 71.6 Å². The molecule has 2 aliphatic carbocycles. The molecule has 3 unspecified atom stereocenters. The molecule has 3 atom stereocenters. The van der Waals surface area contributed by atoms with Crippen molar-refractivity contribution in [1.29, 1.82) is 0 Å². The van der Waals surface area contributed by atoms with Crippen molar-refractivity contribution >= 4 is 27.8 Å². The van der Waals surface area contributed by atoms with Gasteiger partial charge in [-0.1, -0.05) is 63.9 Å². The first-order valence-corrected chi connectivity index (χ1v) is 17.1. The molecule has 1 saturated heterocycles. The summed E-state index contributed by atoms with van der Waals surface area (Å²) in [5.74, 6) is 2.05. The normalized spacial score (nSPS) is 24.9. The summed E-state index contributed by atoms with van der Waals surface area (Å²) in [4.78, 5) is 13.2. The number of ether oxygens (including phenoxy) is 2. The second-order valence-electron chi connectivity index (χ2n) is 11.8. The van der Waals surface area contributed by atoms with E-state index in [0.717, 1.165) is 38.5 Å². The number of carbonyl (C=O) groups is 1. The number of aromatic nitrogens is 3. The van der Waals surface area contributed by atoms with E-state index >= 15 is 0 Å². The maximum atomic E-state index is 13.3. The van der Waals surface area contributed by atoms with Gasteiger partial charge in [0, 0.05) is 24.7 Å². The fraction of sp³-hybridized carbons (Fsp3) is 0.690. The van der Waals surface area contributed by atoms with E-state index in [2.05, 4.69) is 35.5 Å². The summed E-state index contributed by atoms with van der Waals surface area (Å²) in [6.07, 6.45) is 7.43. The highest BCUT2D eigenvalue weighted by molar-refractivity contribution is 7.99. The van der Waals surface area contributed by atoms with Gasteiger partial charge in [-0.3, -0.25) is 9.36 Å². The molecule has 0 N–H and O–H groups in total. The van der Waals surface area contributed by atoms with E-state index in [4.69, 9.17) is 9.47 Å². The van der Waals surface area contributed by atoms with Crippen LogP contribution >= 0.6 is 11.8 Å². The molecule has 0 spiro atoms. The predicted molar refractivity (Wildman–Crippen MR) is 154 cm³/mol. The molecule has 1 aliphatic heterocycles. The summed E-state index contributed by atoms with van der Waals surface area (Å²) >= 11 is 1.36. The van der Waals surface area contributed by atoms with Crippen molar-refractivity contribution in [2.75, 3.05) is 32.1 Å². The largest absolute Gasteiger partial charge is 0.461 e. The molecule has 5 rings (SSSR count). The van der Waals surface area contributed by atoms with Gasteiger partial charge in [-0.2, -0.15) is 4.31 Å². The molecule has 0 amide bonds. The first-order valence-electron chi connectivity index (χ1n) is 14.7. The van der Waals surface area contributed by atoms with Crippen molar-refractivity contribution in [3.05, 3.63) is 24.3 Å². The number of sulfonamides is 1. The Hall–Kier alpha value is -1.95. The second-order valence-corrected chi connectivity index (χ2v) is 14.7. The molecule has 3 fully saturated rings. The third kappa shape index (κ3) is 6.58. The van der Waals surface area contributed by atoms with Crippen LogP contribution in [0.25, 0.3) is 11.4 Å². The highest BCUT2D eigenvalue weighted by Gasteiger charge is 2.34. The fourth-order valence-electron chi connectivity index (χ4n) is 6.37. The van der Waals surface area contributed by atoms with Crippen LogP contribution < -0.4 is 0 Å². The first kappa shape index (κ1) is 29.5. The van der Waals surface area contributed by atoms with Crippen LogP contribution in [-0.2, 0) is 24.3 Å². The first-order chi connectivity index (χ1) is 19.2. The summed E-state index contributed by atoms with van der Waals surface area (Å²) in [7, 11) is -3.64. The molecule has 9 nitrogen and oxygen atoms in total. The average Bonchev–Trinajstić information content (AvgIpc) is 3.62. The smallest absolute Gasteiger partial charge is 0.316 e. The topological polar surface area (TPSA) is 104 Å². The Morgan fingerprint density at radius 3 is 2.60 bits per heavy atom. The Bertz CT molecular complexity index is 1270. The Morgan fingerprint density at radius 1 is 1.12 bits per heavy atom. The van der Waals surface area contributed by atoms with Crippen molar-refractivity contribution in [3.8, 4) is 11.4 Å². The maximum absolute atomic E-state index is 13.3. The fourth-order valence-corrected chi connectivity index (χ4v) is 8.61. The predicted octanol–water partition coefficient (Wildman–Crippen LogP) is 5.18. The summed E-state index contributed by atoms with van der Waals surface area (Å²) in [5.41, 5.74) is 0.708. The van der Waals surface area contributed by atoms with Crippen molar-refractivity contribution in [2.24, 2.45) is 17.8 Å². The Balaban J connectivity index is 1.35. The van der Waals surface area contributed by atoms with Crippen LogP contribution in [0.2, 0.25) is 0 Å². The second kappa shape index (κ2) is 12.9. The zero-order valence-corrected chi connectivity index (χ0v) is 25.5. The lowest BCUT2D eigenvalue weighted by Crippen LogP contribution is -2.40. The molecule has 1 aromatic heterocycles. The lowest BCUT2D eigenvalue weighted by Gasteiger charge is -2.36. The molecule has 0 bridgehead atoms. The van der Waals surface area contributed by atoms with E-state index < -0.39 is 10.0 Å². The van der Waals surface area contributed by atoms with Crippen molar-refractivity contribution < 1.29 is 22.7 Å². The van der Waals surface area contributed by atoms with Crippen molar-refractivity contribution in [3.63, 3.8) is 0 Å². The third-order valence-electron chi connectivity index (χ3n) is 8.62. The zero-order chi connectivity index (χ0) is 28.3. The molecular formula is C29H42N4O5S2. The summed E-state index contributed by atoms with van der Waals surface area (Å²) in [6.45, 7) is 8.15. The van der Waals surface area contributed by atoms with Gasteiger partial charge in [0.1, 0.15) is 6.10 Å². The van der Waals surface area contributed by atoms with Gasteiger partial charge in [0.15, 0.2) is 11.0 Å². The highest BCUT2D eigenvalue weighted by Crippen LogP contribution is 2.38. The highest BCUT2D eigenvalue weighted by atomic mass is 32.2. The molecule has 40 heavy (non-hydrogen) atoms. The molecule has 11 heteroatoms. The van der Waals surface area contributed by atoms with Gasteiger partial charge in [-0.25, -0.2) is 8.42 Å². The van der Waals surface area contributed by atoms with Crippen LogP contribution in [0.4, 0.5) is 0 Å². The van der Waals surface area contributed by atoms with E-state index in [9.17, 15) is 13.2 Å². The minimum Gasteiger partial charge on any atom is -0.461 e. The van der Waals surface area contributed by atoms with Crippen LogP contribution in [0.5, 0.6) is 0 Å². The van der Waals surface area contributed by atoms with E-state index in [1.807, 2.05) is 6.07 Å². The number of benzene rings is 1. The lowest BCUT2D eigenvalue weighted by atomic mass is 9.75. The average molecular weight is 591 g/mol. The van der Waals surface area contributed by atoms with Gasteiger partial charge in [0.25, 0.3) is 0 Å². The lowest BCUT2D eigenvalue weighted by molar-refractivity contribution is -0.152. The Kier molecular flexibility index (Phi) is 9.54. The number of carbonyl (C=O) groups excluding carboxylic acids is 1. The SMILES string of the molecule is CC1CCC(C(C)C)C(OC(=O)CSc2nnc(-c3cccc(S(=O)(=O)N4CCOCC4)c3)n2C2CCCC2)C1. The van der Waals surface area contributed by atoms with Gasteiger partial charge >= 0.3 is 5.97 Å². The Morgan fingerprint density at radius 2 is 1.88 bits per heavy atom. The van der Waals surface area contributed by atoms with Gasteiger partial charge in [0.05, 0.1) is 23.9 Å². The van der Waals surface area contributed by atoms with Crippen LogP contribution in [0.15, 0.2) is 34.3 Å². The minimum absolute atomic E-state index is 0.0312. The molecule has 2 heterocycles. The van der Waals surface area contributed by atoms with E-state index in [-0.39, 0.29) is 28.8 Å². The third-order valence-corrected chi connectivity index (χ3v) is 11.4. The van der Waals surface area contributed by atoms with Crippen LogP contribution in [0.1, 0.15) is 71.8 Å². The van der Waals surface area contributed by atoms with Gasteiger partial charge in [-0.05, 0) is 55.6 Å². The molecule has 2 aromatic rings. The number of rotatable bonds is 9. The minimum atomic E-state index is -3.64. The summed E-state index contributed by atoms with van der Waals surface area (Å²) in [5, 5.41) is 9.68. The standard InChI is InChI=1S/C29H42N4O5S2/c1-20(2)25-12-11-21(3)17-26(25)38-27(34)19-39-29-31-30-28(33(29)23-8-4-5-9-23)22-7-6-10-24(18-22)40(35,36)32-13-15-37-16-14-32/h6-7,10,18,20-21,23,25-26H,4-5,8-9,11-17,19H2,1-3H3. The molecule has 3 aliphatic rings. The summed E-state index contributed by atoms with van der Waals surface area (Å²) < 4.78 is 41.6. The summed E-state index contributed by atoms with van der Waals surface area (Å²) in [6, 6.07) is 7.18. The van der Waals surface area contributed by atoms with Crippen LogP contribution in [0, 0.1) is 17.8 Å². The number of hydrogen-bond donors (Lipinski definition) is 0. The molecule has 0 radical (unpaired) electrons. The number of hydrogen-bond acceptors (Lipinski definition) is 8. The van der Waals surface area contributed by atoms with Crippen LogP contribution in [0.3, 0.4) is 0 Å². The van der Waals surface area contributed by atoms with E-state index in [1.165, 1.54) is 22.5 Å². The van der Waals surface area contributed by atoms with Crippen molar-refractivity contribution in [2.45, 2.75) is 87.9 Å². The molecule has 1 aromatic carbocycles. The monoisotopic (exact) mass is 590 g/mol. The molecule has 2 saturated carbocycles. The quantitative estimate of drug-likeness (QED) is 0.291. The van der Waals surface area contributed by atoms with E-state index in [0.29, 0.717) is 60.6 Å². The molecule has 220 valence electrons. The number of thioether (sulfide) groups is 1. The number of morpholine rings is 1. The van der Waals surface area contributed by atoms with Gasteiger partial charge in [0.2, 0.25) is 10.0 Å². The number of nitrogens with zero attached hydrogens (tertiary/aromatic N) is 4. The zero-order valence-electron chi connectivity index (χ0n) is 23.8. The Labute approximate surface area is 242 Å².